The Bertz CT molecular complexity index is 559. The second-order valence-electron chi connectivity index (χ2n) is 5.07. The summed E-state index contributed by atoms with van der Waals surface area (Å²) in [6, 6.07) is 0. The molecule has 0 saturated carbocycles. The van der Waals surface area contributed by atoms with Gasteiger partial charge in [0.2, 0.25) is 0 Å². The summed E-state index contributed by atoms with van der Waals surface area (Å²) in [7, 11) is 0. The van der Waals surface area contributed by atoms with Gasteiger partial charge in [-0.3, -0.25) is 0 Å². The van der Waals surface area contributed by atoms with Gasteiger partial charge in [-0.25, -0.2) is 0 Å². The first-order valence-corrected chi connectivity index (χ1v) is 8.05. The van der Waals surface area contributed by atoms with Crippen molar-refractivity contribution in [2.45, 2.75) is 47.0 Å². The molecule has 1 N–H and O–H groups in total. The smallest absolute Gasteiger partial charge is 0.151 e. The van der Waals surface area contributed by atoms with Crippen molar-refractivity contribution in [1.29, 1.82) is 0 Å². The maximum Gasteiger partial charge on any atom is 0.151 e. The number of aryl methyl sites for hydroxylation is 3. The summed E-state index contributed by atoms with van der Waals surface area (Å²) in [6.07, 6.45) is 3.28. The van der Waals surface area contributed by atoms with Crippen LogP contribution in [0.3, 0.4) is 0 Å². The molecule has 0 amide bonds. The summed E-state index contributed by atoms with van der Waals surface area (Å²) < 4.78 is 5.66. The standard InChI is InChI=1S/C15H23N3OS/c1-5-8-16-9-6-7-13-17-18-15(20-13)14-10(2)11(3)19-12(14)4/h16H,5-9H2,1-4H3. The molecule has 20 heavy (non-hydrogen) atoms. The van der Waals surface area contributed by atoms with Crippen molar-refractivity contribution < 1.29 is 4.42 Å². The average Bonchev–Trinajstić information content (AvgIpc) is 2.95. The fraction of sp³-hybridized carbons (Fsp3) is 0.600. The van der Waals surface area contributed by atoms with Gasteiger partial charge >= 0.3 is 0 Å². The summed E-state index contributed by atoms with van der Waals surface area (Å²) in [4.78, 5) is 0. The molecule has 2 rings (SSSR count). The molecule has 4 nitrogen and oxygen atoms in total. The molecule has 0 aromatic carbocycles. The Kier molecular flexibility index (Phi) is 5.31. The fourth-order valence-corrected chi connectivity index (χ4v) is 3.26. The van der Waals surface area contributed by atoms with Crippen LogP contribution in [-0.4, -0.2) is 23.3 Å². The minimum absolute atomic E-state index is 0.937. The van der Waals surface area contributed by atoms with Gasteiger partial charge in [0.1, 0.15) is 16.5 Å². The molecule has 0 radical (unpaired) electrons. The van der Waals surface area contributed by atoms with E-state index in [1.807, 2.05) is 13.8 Å². The van der Waals surface area contributed by atoms with E-state index in [9.17, 15) is 0 Å². The van der Waals surface area contributed by atoms with Crippen molar-refractivity contribution in [3.63, 3.8) is 0 Å². The van der Waals surface area contributed by atoms with Crippen LogP contribution in [0.5, 0.6) is 0 Å². The quantitative estimate of drug-likeness (QED) is 0.792. The summed E-state index contributed by atoms with van der Waals surface area (Å²) in [5.74, 6) is 1.91. The molecule has 0 aliphatic heterocycles. The Labute approximate surface area is 124 Å². The lowest BCUT2D eigenvalue weighted by molar-refractivity contribution is 0.503. The van der Waals surface area contributed by atoms with Gasteiger partial charge in [-0.15, -0.1) is 10.2 Å². The number of nitrogens with one attached hydrogen (secondary N) is 1. The first-order valence-electron chi connectivity index (χ1n) is 7.23. The highest BCUT2D eigenvalue weighted by molar-refractivity contribution is 7.14. The van der Waals surface area contributed by atoms with Crippen LogP contribution in [0.1, 0.15) is 41.9 Å². The molecule has 0 saturated heterocycles. The topological polar surface area (TPSA) is 51.0 Å². The SMILES string of the molecule is CCCNCCCc1nnc(-c2c(C)oc(C)c2C)s1. The molecule has 0 unspecified atom stereocenters. The number of rotatable bonds is 7. The first-order chi connectivity index (χ1) is 9.63. The predicted octanol–water partition coefficient (Wildman–Crippen LogP) is 3.66. The van der Waals surface area contributed by atoms with Gasteiger partial charge in [0.15, 0.2) is 5.01 Å². The van der Waals surface area contributed by atoms with E-state index >= 15 is 0 Å². The monoisotopic (exact) mass is 293 g/mol. The zero-order chi connectivity index (χ0) is 14.5. The first kappa shape index (κ1) is 15.2. The maximum atomic E-state index is 5.66. The van der Waals surface area contributed by atoms with E-state index in [0.717, 1.165) is 53.0 Å². The minimum atomic E-state index is 0.937. The third kappa shape index (κ3) is 3.46. The van der Waals surface area contributed by atoms with Crippen molar-refractivity contribution >= 4 is 11.3 Å². The molecule has 0 spiro atoms. The van der Waals surface area contributed by atoms with Gasteiger partial charge in [-0.2, -0.15) is 0 Å². The van der Waals surface area contributed by atoms with Crippen LogP contribution in [0.25, 0.3) is 10.6 Å². The average molecular weight is 293 g/mol. The Hall–Kier alpha value is -1.20. The highest BCUT2D eigenvalue weighted by atomic mass is 32.1. The van der Waals surface area contributed by atoms with E-state index in [2.05, 4.69) is 29.4 Å². The van der Waals surface area contributed by atoms with Crippen LogP contribution in [-0.2, 0) is 6.42 Å². The van der Waals surface area contributed by atoms with Crippen LogP contribution in [0, 0.1) is 20.8 Å². The maximum absolute atomic E-state index is 5.66. The van der Waals surface area contributed by atoms with Gasteiger partial charge in [-0.05, 0) is 46.7 Å². The van der Waals surface area contributed by atoms with Crippen LogP contribution >= 0.6 is 11.3 Å². The molecule has 0 fully saturated rings. The second-order valence-corrected chi connectivity index (χ2v) is 6.13. The Morgan fingerprint density at radius 3 is 2.55 bits per heavy atom. The zero-order valence-electron chi connectivity index (χ0n) is 12.7. The van der Waals surface area contributed by atoms with E-state index in [4.69, 9.17) is 4.42 Å². The number of hydrogen-bond acceptors (Lipinski definition) is 5. The highest BCUT2D eigenvalue weighted by Crippen LogP contribution is 2.33. The number of hydrogen-bond donors (Lipinski definition) is 1. The second kappa shape index (κ2) is 6.99. The molecule has 2 heterocycles. The van der Waals surface area contributed by atoms with Gasteiger partial charge in [0, 0.05) is 12.0 Å². The number of nitrogens with zero attached hydrogens (tertiary/aromatic N) is 2. The largest absolute Gasteiger partial charge is 0.466 e. The Morgan fingerprint density at radius 2 is 1.90 bits per heavy atom. The van der Waals surface area contributed by atoms with Crippen LogP contribution in [0.15, 0.2) is 4.42 Å². The van der Waals surface area contributed by atoms with Crippen molar-refractivity contribution in [2.75, 3.05) is 13.1 Å². The molecule has 0 aliphatic carbocycles. The molecule has 5 heteroatoms. The summed E-state index contributed by atoms with van der Waals surface area (Å²) >= 11 is 1.68. The van der Waals surface area contributed by atoms with Crippen molar-refractivity contribution in [2.24, 2.45) is 0 Å². The van der Waals surface area contributed by atoms with E-state index in [0.29, 0.717) is 0 Å². The summed E-state index contributed by atoms with van der Waals surface area (Å²) in [5, 5.41) is 14.1. The third-order valence-electron chi connectivity index (χ3n) is 3.41. The Balaban J connectivity index is 1.98. The lowest BCUT2D eigenvalue weighted by Gasteiger charge is -1.99. The number of furan rings is 1. The van der Waals surface area contributed by atoms with Crippen molar-refractivity contribution in [3.8, 4) is 10.6 Å². The molecular formula is C15H23N3OS. The van der Waals surface area contributed by atoms with Gasteiger partial charge in [0.25, 0.3) is 0 Å². The lowest BCUT2D eigenvalue weighted by atomic mass is 10.1. The third-order valence-corrected chi connectivity index (χ3v) is 4.41. The molecule has 0 bridgehead atoms. The van der Waals surface area contributed by atoms with Gasteiger partial charge in [0.05, 0.1) is 5.56 Å². The van der Waals surface area contributed by atoms with Gasteiger partial charge < -0.3 is 9.73 Å². The molecule has 0 atom stereocenters. The molecule has 2 aromatic heterocycles. The summed E-state index contributed by atoms with van der Waals surface area (Å²) in [6.45, 7) is 10.4. The number of aromatic nitrogens is 2. The van der Waals surface area contributed by atoms with Gasteiger partial charge in [-0.1, -0.05) is 18.3 Å². The zero-order valence-corrected chi connectivity index (χ0v) is 13.6. The van der Waals surface area contributed by atoms with Crippen molar-refractivity contribution in [1.82, 2.24) is 15.5 Å². The molecule has 110 valence electrons. The highest BCUT2D eigenvalue weighted by Gasteiger charge is 2.17. The molecular weight excluding hydrogens is 270 g/mol. The fourth-order valence-electron chi connectivity index (χ4n) is 2.23. The lowest BCUT2D eigenvalue weighted by Crippen LogP contribution is -2.16. The molecule has 0 aliphatic rings. The normalized spacial score (nSPS) is 11.2. The van der Waals surface area contributed by atoms with E-state index in [1.54, 1.807) is 11.3 Å². The predicted molar refractivity (Wildman–Crippen MR) is 83.3 cm³/mol. The minimum Gasteiger partial charge on any atom is -0.466 e. The van der Waals surface area contributed by atoms with E-state index < -0.39 is 0 Å². The van der Waals surface area contributed by atoms with Crippen LogP contribution in [0.4, 0.5) is 0 Å². The van der Waals surface area contributed by atoms with Crippen molar-refractivity contribution in [3.05, 3.63) is 22.1 Å². The van der Waals surface area contributed by atoms with Crippen LogP contribution < -0.4 is 5.32 Å². The van der Waals surface area contributed by atoms with E-state index in [1.165, 1.54) is 12.0 Å². The Morgan fingerprint density at radius 1 is 1.10 bits per heavy atom. The van der Waals surface area contributed by atoms with Crippen LogP contribution in [0.2, 0.25) is 0 Å². The summed E-state index contributed by atoms with van der Waals surface area (Å²) in [5.41, 5.74) is 2.30. The molecule has 2 aromatic rings. The van der Waals surface area contributed by atoms with E-state index in [-0.39, 0.29) is 0 Å².